The van der Waals surface area contributed by atoms with E-state index in [4.69, 9.17) is 29.8 Å². The molecular formula is C65H63Cl2CoN12O10+. The molecule has 25 heteroatoms. The summed E-state index contributed by atoms with van der Waals surface area (Å²) in [6.07, 6.45) is 5.16. The third kappa shape index (κ3) is 12.9. The standard InChI is InChI=1S/C31H29Cl2N2.2C17H17N5O5.Co/c1-30(2)26(34(5)24-13-7-18-15-20(32)9-11-22(18)28(24)30)17-27-31(3,4)29-23-12-10-21(33)16-19(23)8-14-25(29)35(27)6;1-4-5-8-21-16(24)14(18-3)10(2)15(17(21)25)20-19-12-9-11(22(26)27)6-7-13(12)23;1-3-4-7-21-16(24)12(9-18)10(2)15(17(21)25)20-19-13-8-11(22(26)27)5-6-14(13)23;/h7-17H,1-6H3;6-7,9,23,25H,4-5,8H2,1-2H3;5-6,8,23,25H,3-4,7H2,1-2H3;/q+1;;;. The molecule has 22 nitrogen and oxygen atoms in total. The van der Waals surface area contributed by atoms with Gasteiger partial charge in [-0.1, -0.05) is 81.9 Å². The molecule has 0 atom stereocenters. The Labute approximate surface area is 537 Å². The minimum absolute atomic E-state index is 0. The van der Waals surface area contributed by atoms with Gasteiger partial charge in [-0.15, -0.1) is 20.5 Å². The van der Waals surface area contributed by atoms with Crippen molar-refractivity contribution in [2.45, 2.75) is 105 Å². The molecule has 6 aromatic carbocycles. The van der Waals surface area contributed by atoms with Crippen molar-refractivity contribution in [2.75, 3.05) is 19.0 Å². The fourth-order valence-corrected chi connectivity index (χ4v) is 11.6. The van der Waals surface area contributed by atoms with Gasteiger partial charge in [-0.05, 0) is 122 Å². The van der Waals surface area contributed by atoms with Crippen LogP contribution < -0.4 is 16.0 Å². The van der Waals surface area contributed by atoms with Crippen molar-refractivity contribution in [1.29, 1.82) is 5.26 Å². The van der Waals surface area contributed by atoms with Crippen LogP contribution in [0.5, 0.6) is 23.3 Å². The summed E-state index contributed by atoms with van der Waals surface area (Å²) in [6, 6.07) is 29.5. The summed E-state index contributed by atoms with van der Waals surface area (Å²) in [7, 11) is 4.38. The van der Waals surface area contributed by atoms with E-state index in [1.54, 1.807) is 6.07 Å². The predicted molar refractivity (Wildman–Crippen MR) is 344 cm³/mol. The van der Waals surface area contributed by atoms with Gasteiger partial charge in [0.15, 0.2) is 11.4 Å². The largest absolute Gasteiger partial charge is 0.506 e. The van der Waals surface area contributed by atoms with Crippen LogP contribution in [0.3, 0.4) is 0 Å². The van der Waals surface area contributed by atoms with Crippen LogP contribution in [0.4, 0.5) is 51.2 Å². The molecule has 0 amide bonds. The average molecular weight is 1300 g/mol. The Hall–Kier alpha value is -9.78. The minimum atomic E-state index is -0.653. The van der Waals surface area contributed by atoms with Gasteiger partial charge >= 0.3 is 0 Å². The van der Waals surface area contributed by atoms with Crippen molar-refractivity contribution >= 4 is 102 Å². The number of rotatable bonds is 13. The molecule has 0 spiro atoms. The number of nitro benzene ring substituents is 2. The van der Waals surface area contributed by atoms with Gasteiger partial charge in [0.1, 0.15) is 47.2 Å². The molecule has 1 radical (unpaired) electrons. The normalized spacial score (nSPS) is 14.0. The minimum Gasteiger partial charge on any atom is -0.506 e. The topological polar surface area (TPSA) is 295 Å². The summed E-state index contributed by atoms with van der Waals surface area (Å²) in [5, 5.41) is 93.0. The van der Waals surface area contributed by atoms with E-state index >= 15 is 0 Å². The molecule has 2 aliphatic rings. The number of likely N-dealkylation sites (N-methyl/N-ethyl adjacent to an activating group) is 1. The number of nitrogens with zero attached hydrogens (tertiary/aromatic N) is 12. The van der Waals surface area contributed by atoms with Crippen molar-refractivity contribution in [3.63, 3.8) is 0 Å². The van der Waals surface area contributed by atoms with E-state index in [0.717, 1.165) is 68.4 Å². The van der Waals surface area contributed by atoms with E-state index in [9.17, 15) is 55.5 Å². The number of non-ortho nitro benzene ring substituents is 2. The van der Waals surface area contributed by atoms with Crippen molar-refractivity contribution in [1.82, 2.24) is 9.13 Å². The number of anilines is 1. The molecular weight excluding hydrogens is 1240 g/mol. The molecule has 0 aliphatic carbocycles. The van der Waals surface area contributed by atoms with E-state index in [0.29, 0.717) is 12.8 Å². The number of hydrogen-bond donors (Lipinski definition) is 4. The van der Waals surface area contributed by atoms with E-state index in [1.165, 1.54) is 69.3 Å². The van der Waals surface area contributed by atoms with Crippen LogP contribution in [0.15, 0.2) is 139 Å². The van der Waals surface area contributed by atoms with Gasteiger partial charge in [-0.25, -0.2) is 4.85 Å². The molecule has 8 aromatic rings. The van der Waals surface area contributed by atoms with Gasteiger partial charge in [0.05, 0.1) is 21.8 Å². The third-order valence-corrected chi connectivity index (χ3v) is 16.5. The van der Waals surface area contributed by atoms with Crippen LogP contribution in [0.25, 0.3) is 26.4 Å². The molecule has 0 unspecified atom stereocenters. The number of benzene rings is 6. The zero-order chi connectivity index (χ0) is 65.1. The summed E-state index contributed by atoms with van der Waals surface area (Å²) in [5.74, 6) is -1.60. The quantitative estimate of drug-likeness (QED) is 0.0275. The summed E-state index contributed by atoms with van der Waals surface area (Å²) in [5.41, 5.74) is 4.95. The number of aromatic nitrogens is 2. The Bertz CT molecular complexity index is 4430. The third-order valence-electron chi connectivity index (χ3n) is 16.0. The van der Waals surface area contributed by atoms with E-state index in [1.807, 2.05) is 26.0 Å². The van der Waals surface area contributed by atoms with Crippen LogP contribution in [0.1, 0.15) is 95.0 Å². The molecule has 2 aromatic heterocycles. The molecule has 0 fully saturated rings. The molecule has 0 saturated carbocycles. The molecule has 0 saturated heterocycles. The number of unbranched alkanes of at least 4 members (excludes halogenated alkanes) is 2. The second-order valence-electron chi connectivity index (χ2n) is 22.4. The molecule has 10 rings (SSSR count). The SMILES string of the molecule is CCCCn1c(O)c(N=Nc2cc([N+](=O)[O-])ccc2O)c(C)c(C#N)c1=O.CN1C(=CC2=[N+](C)c3ccc4cc(Cl)ccc4c3C2(C)C)C(C)(C)c2c1ccc1cc(Cl)ccc21.[C-]#[N+]c1c(C)c(N=Nc2cc([N+](=O)[O-])ccc2O)c(O)n(CCCC)c1=O.[Co]. The molecule has 90 heavy (non-hydrogen) atoms. The van der Waals surface area contributed by atoms with Crippen LogP contribution >= 0.6 is 23.2 Å². The van der Waals surface area contributed by atoms with Gasteiger partial charge in [-0.2, -0.15) is 9.84 Å². The first-order valence-electron chi connectivity index (χ1n) is 28.2. The zero-order valence-electron chi connectivity index (χ0n) is 50.8. The number of hydrogen-bond acceptors (Lipinski definition) is 16. The van der Waals surface area contributed by atoms with E-state index in [2.05, 4.69) is 131 Å². The van der Waals surface area contributed by atoms with Crippen molar-refractivity contribution in [2.24, 2.45) is 20.5 Å². The first-order chi connectivity index (χ1) is 42.1. The van der Waals surface area contributed by atoms with Crippen LogP contribution in [-0.4, -0.2) is 63.8 Å². The Kier molecular flexibility index (Phi) is 20.5. The number of nitriles is 1. The fourth-order valence-electron chi connectivity index (χ4n) is 11.3. The Morgan fingerprint density at radius 3 is 1.64 bits per heavy atom. The van der Waals surface area contributed by atoms with Crippen molar-refractivity contribution in [3.05, 3.63) is 199 Å². The average Bonchev–Trinajstić information content (AvgIpc) is 1.57. The van der Waals surface area contributed by atoms with Crippen molar-refractivity contribution in [3.8, 4) is 29.3 Å². The molecule has 0 bridgehead atoms. The summed E-state index contributed by atoms with van der Waals surface area (Å²) < 4.78 is 4.45. The zero-order valence-corrected chi connectivity index (χ0v) is 53.3. The fraction of sp³-hybridized carbons (Fsp3) is 0.277. The Morgan fingerprint density at radius 1 is 0.689 bits per heavy atom. The van der Waals surface area contributed by atoms with Crippen LogP contribution in [0.2, 0.25) is 10.0 Å². The first-order valence-corrected chi connectivity index (χ1v) is 28.9. The Balaban J connectivity index is 0.000000194. The summed E-state index contributed by atoms with van der Waals surface area (Å²) in [4.78, 5) is 50.7. The summed E-state index contributed by atoms with van der Waals surface area (Å²) >= 11 is 12.6. The molecule has 4 N–H and O–H groups in total. The molecule has 4 heterocycles. The monoisotopic (exact) mass is 1300 g/mol. The number of allylic oxidation sites excluding steroid dienone is 2. The number of nitro groups is 2. The molecule has 2 aliphatic heterocycles. The van der Waals surface area contributed by atoms with Gasteiger partial charge in [-0.3, -0.25) is 39.0 Å². The van der Waals surface area contributed by atoms with Crippen LogP contribution in [0, 0.1) is 52.0 Å². The Morgan fingerprint density at radius 2 is 1.17 bits per heavy atom. The maximum atomic E-state index is 12.3. The van der Waals surface area contributed by atoms with Gasteiger partial charge in [0.2, 0.25) is 17.4 Å². The number of fused-ring (bicyclic) bond motifs is 6. The summed E-state index contributed by atoms with van der Waals surface area (Å²) in [6.45, 7) is 23.7. The second kappa shape index (κ2) is 27.3. The van der Waals surface area contributed by atoms with Crippen molar-refractivity contribution < 1.29 is 51.6 Å². The van der Waals surface area contributed by atoms with Gasteiger partial charge in [0.25, 0.3) is 28.2 Å². The maximum Gasteiger partial charge on any atom is 0.271 e. The number of halogens is 2. The maximum absolute atomic E-state index is 12.3. The number of aromatic hydroxyl groups is 4. The van der Waals surface area contributed by atoms with Crippen LogP contribution in [-0.2, 0) is 40.7 Å². The first kappa shape index (κ1) is 67.7. The molecule has 465 valence electrons. The van der Waals surface area contributed by atoms with E-state index < -0.39 is 32.7 Å². The van der Waals surface area contributed by atoms with E-state index in [-0.39, 0.29) is 109 Å². The number of phenolic OH excluding ortho intramolecular Hbond substituents is 2. The predicted octanol–water partition coefficient (Wildman–Crippen LogP) is 16.4. The van der Waals surface area contributed by atoms with Gasteiger partial charge in [0, 0.05) is 111 Å². The second-order valence-corrected chi connectivity index (χ2v) is 23.2. The van der Waals surface area contributed by atoms with Gasteiger partial charge < -0.3 is 25.3 Å². The smallest absolute Gasteiger partial charge is 0.271 e. The number of pyridine rings is 2. The number of azo groups is 2. The number of phenols is 2.